The fourth-order valence-corrected chi connectivity index (χ4v) is 1.99. The van der Waals surface area contributed by atoms with E-state index in [1.165, 1.54) is 0 Å². The van der Waals surface area contributed by atoms with Crippen molar-refractivity contribution in [1.29, 1.82) is 0 Å². The van der Waals surface area contributed by atoms with Gasteiger partial charge in [-0.2, -0.15) is 0 Å². The number of hydrogen-bond acceptors (Lipinski definition) is 3. The third kappa shape index (κ3) is 4.46. The van der Waals surface area contributed by atoms with Crippen LogP contribution in [-0.4, -0.2) is 25.0 Å². The summed E-state index contributed by atoms with van der Waals surface area (Å²) in [6.45, 7) is 1.99. The average Bonchev–Trinajstić information content (AvgIpc) is 2.20. The maximum Gasteiger partial charge on any atom is 0.236 e. The zero-order valence-electron chi connectivity index (χ0n) is 10.3. The Kier molecular flexibility index (Phi) is 5.11. The van der Waals surface area contributed by atoms with Crippen LogP contribution < -0.4 is 11.2 Å². The molecule has 1 rings (SSSR count). The number of nitrogens with one attached hydrogen (secondary N) is 1. The summed E-state index contributed by atoms with van der Waals surface area (Å²) in [6.07, 6.45) is 0.273. The number of hydrogen-bond donors (Lipinski definition) is 2. The van der Waals surface area contributed by atoms with E-state index >= 15 is 0 Å². The number of rotatable bonds is 4. The summed E-state index contributed by atoms with van der Waals surface area (Å²) in [5, 5.41) is 1.61. The van der Waals surface area contributed by atoms with Gasteiger partial charge in [0.1, 0.15) is 0 Å². The Morgan fingerprint density at radius 2 is 2.18 bits per heavy atom. The first kappa shape index (κ1) is 14.2. The number of nitrogens with two attached hydrogens (primary N) is 1. The van der Waals surface area contributed by atoms with E-state index in [1.807, 2.05) is 25.1 Å². The molecule has 1 unspecified atom stereocenters. The number of halogens is 1. The fourth-order valence-electron chi connectivity index (χ4n) is 1.62. The van der Waals surface area contributed by atoms with Crippen molar-refractivity contribution in [3.8, 4) is 0 Å². The molecule has 0 aliphatic heterocycles. The second kappa shape index (κ2) is 6.14. The van der Waals surface area contributed by atoms with E-state index < -0.39 is 0 Å². The Balaban J connectivity index is 2.72. The van der Waals surface area contributed by atoms with Gasteiger partial charge in [-0.1, -0.05) is 22.0 Å². The minimum Gasteiger partial charge on any atom is -0.324 e. The summed E-state index contributed by atoms with van der Waals surface area (Å²) in [6, 6.07) is 5.63. The number of carbonyl (C=O) groups is 1. The van der Waals surface area contributed by atoms with Crippen LogP contribution >= 0.6 is 15.9 Å². The summed E-state index contributed by atoms with van der Waals surface area (Å²) in [5.41, 5.74) is 10.8. The van der Waals surface area contributed by atoms with E-state index in [-0.39, 0.29) is 18.4 Å². The number of benzene rings is 1. The lowest BCUT2D eigenvalue weighted by atomic mass is 9.99. The molecule has 0 aromatic heterocycles. The predicted molar refractivity (Wildman–Crippen MR) is 72.3 cm³/mol. The molecule has 4 nitrogen and oxygen atoms in total. The normalized spacial score (nSPS) is 12.6. The Hall–Kier alpha value is -0.910. The number of amides is 1. The molecule has 0 heterocycles. The Labute approximate surface area is 110 Å². The highest BCUT2D eigenvalue weighted by molar-refractivity contribution is 9.10. The number of aryl methyl sites for hydroxylation is 1. The molecule has 3 N–H and O–H groups in total. The lowest BCUT2D eigenvalue weighted by molar-refractivity contribution is -0.125. The first-order valence-electron chi connectivity index (χ1n) is 5.38. The molecule has 0 aliphatic carbocycles. The zero-order valence-corrected chi connectivity index (χ0v) is 11.9. The summed E-state index contributed by atoms with van der Waals surface area (Å²) in [7, 11) is 3.54. The van der Waals surface area contributed by atoms with Gasteiger partial charge in [-0.25, -0.2) is 5.01 Å². The number of carbonyl (C=O) groups excluding carboxylic acids is 1. The lowest BCUT2D eigenvalue weighted by Crippen LogP contribution is -2.37. The van der Waals surface area contributed by atoms with Crippen LogP contribution in [0, 0.1) is 6.92 Å². The third-order valence-electron chi connectivity index (χ3n) is 2.39. The van der Waals surface area contributed by atoms with Gasteiger partial charge in [0, 0.05) is 31.0 Å². The molecule has 0 saturated heterocycles. The third-order valence-corrected chi connectivity index (χ3v) is 2.89. The van der Waals surface area contributed by atoms with Crippen molar-refractivity contribution in [2.75, 3.05) is 14.1 Å². The largest absolute Gasteiger partial charge is 0.324 e. The first-order valence-corrected chi connectivity index (χ1v) is 6.18. The van der Waals surface area contributed by atoms with E-state index in [0.717, 1.165) is 15.6 Å². The van der Waals surface area contributed by atoms with Crippen molar-refractivity contribution in [2.24, 2.45) is 5.73 Å². The van der Waals surface area contributed by atoms with Crippen molar-refractivity contribution in [2.45, 2.75) is 19.4 Å². The molecule has 0 fully saturated rings. The van der Waals surface area contributed by atoms with Crippen molar-refractivity contribution >= 4 is 21.8 Å². The van der Waals surface area contributed by atoms with Crippen LogP contribution in [0.25, 0.3) is 0 Å². The Bertz CT molecular complexity index is 407. The van der Waals surface area contributed by atoms with E-state index in [0.29, 0.717) is 0 Å². The average molecular weight is 300 g/mol. The molecular weight excluding hydrogens is 282 g/mol. The van der Waals surface area contributed by atoms with Crippen molar-refractivity contribution in [3.63, 3.8) is 0 Å². The highest BCUT2D eigenvalue weighted by Crippen LogP contribution is 2.22. The standard InChI is InChI=1S/C12H18BrN3O/c1-8-4-5-9(13)6-10(8)11(14)7-12(17)15-16(2)3/h4-6,11H,7,14H2,1-3H3,(H,15,17). The van der Waals surface area contributed by atoms with Gasteiger partial charge in [0.05, 0.1) is 0 Å². The highest BCUT2D eigenvalue weighted by Gasteiger charge is 2.14. The molecule has 0 spiro atoms. The van der Waals surface area contributed by atoms with Crippen LogP contribution in [0.3, 0.4) is 0 Å². The molecule has 0 bridgehead atoms. The molecular formula is C12H18BrN3O. The van der Waals surface area contributed by atoms with Crippen LogP contribution in [0.15, 0.2) is 22.7 Å². The zero-order chi connectivity index (χ0) is 13.0. The van der Waals surface area contributed by atoms with Crippen molar-refractivity contribution in [3.05, 3.63) is 33.8 Å². The van der Waals surface area contributed by atoms with E-state index in [1.54, 1.807) is 19.1 Å². The van der Waals surface area contributed by atoms with Gasteiger partial charge in [0.2, 0.25) is 5.91 Å². The highest BCUT2D eigenvalue weighted by atomic mass is 79.9. The van der Waals surface area contributed by atoms with Crippen LogP contribution in [0.1, 0.15) is 23.6 Å². The summed E-state index contributed by atoms with van der Waals surface area (Å²) < 4.78 is 0.974. The number of hydrazine groups is 1. The van der Waals surface area contributed by atoms with Crippen molar-refractivity contribution in [1.82, 2.24) is 10.4 Å². The molecule has 1 atom stereocenters. The topological polar surface area (TPSA) is 58.4 Å². The molecule has 0 radical (unpaired) electrons. The number of nitrogens with zero attached hydrogens (tertiary/aromatic N) is 1. The Morgan fingerprint density at radius 1 is 1.53 bits per heavy atom. The monoisotopic (exact) mass is 299 g/mol. The van der Waals surface area contributed by atoms with Crippen LogP contribution in [0.5, 0.6) is 0 Å². The van der Waals surface area contributed by atoms with Crippen LogP contribution in [-0.2, 0) is 4.79 Å². The SMILES string of the molecule is Cc1ccc(Br)cc1C(N)CC(=O)NN(C)C. The van der Waals surface area contributed by atoms with Gasteiger partial charge in [-0.15, -0.1) is 0 Å². The second-order valence-electron chi connectivity index (χ2n) is 4.24. The molecule has 0 aliphatic rings. The van der Waals surface area contributed by atoms with Gasteiger partial charge in [0.15, 0.2) is 0 Å². The lowest BCUT2D eigenvalue weighted by Gasteiger charge is -2.17. The smallest absolute Gasteiger partial charge is 0.236 e. The van der Waals surface area contributed by atoms with Gasteiger partial charge < -0.3 is 5.73 Å². The minimum atomic E-state index is -0.285. The van der Waals surface area contributed by atoms with Crippen LogP contribution in [0.4, 0.5) is 0 Å². The predicted octanol–water partition coefficient (Wildman–Crippen LogP) is 1.74. The summed E-state index contributed by atoms with van der Waals surface area (Å²) in [5.74, 6) is -0.0816. The van der Waals surface area contributed by atoms with Crippen LogP contribution in [0.2, 0.25) is 0 Å². The van der Waals surface area contributed by atoms with E-state index in [4.69, 9.17) is 5.73 Å². The molecule has 1 amide bonds. The van der Waals surface area contributed by atoms with Gasteiger partial charge in [-0.05, 0) is 30.2 Å². The molecule has 5 heteroatoms. The van der Waals surface area contributed by atoms with Gasteiger partial charge in [-0.3, -0.25) is 10.2 Å². The fraction of sp³-hybridized carbons (Fsp3) is 0.417. The first-order chi connectivity index (χ1) is 7.90. The summed E-state index contributed by atoms with van der Waals surface area (Å²) in [4.78, 5) is 11.6. The maximum atomic E-state index is 11.6. The Morgan fingerprint density at radius 3 is 2.76 bits per heavy atom. The van der Waals surface area contributed by atoms with Gasteiger partial charge in [0.25, 0.3) is 0 Å². The molecule has 17 heavy (non-hydrogen) atoms. The molecule has 1 aromatic carbocycles. The van der Waals surface area contributed by atoms with E-state index in [2.05, 4.69) is 21.4 Å². The van der Waals surface area contributed by atoms with Crippen molar-refractivity contribution < 1.29 is 4.79 Å². The molecule has 94 valence electrons. The van der Waals surface area contributed by atoms with E-state index in [9.17, 15) is 4.79 Å². The molecule has 0 saturated carbocycles. The van der Waals surface area contributed by atoms with Gasteiger partial charge >= 0.3 is 0 Å². The minimum absolute atomic E-state index is 0.0816. The quantitative estimate of drug-likeness (QED) is 0.833. The second-order valence-corrected chi connectivity index (χ2v) is 5.16. The maximum absolute atomic E-state index is 11.6. The summed E-state index contributed by atoms with van der Waals surface area (Å²) >= 11 is 3.41. The molecule has 1 aromatic rings.